The predicted molar refractivity (Wildman–Crippen MR) is 104 cm³/mol. The second-order valence-electron chi connectivity index (χ2n) is 5.63. The molecular formula is C21H27NO5. The molecule has 2 aromatic rings. The minimum Gasteiger partial charge on any atom is -0.493 e. The molecule has 0 atom stereocenters. The number of nitrogens with one attached hydrogen (secondary N) is 1. The van der Waals surface area contributed by atoms with Crippen molar-refractivity contribution in [2.75, 3.05) is 26.9 Å². The molecule has 0 saturated carbocycles. The third-order valence-corrected chi connectivity index (χ3v) is 3.79. The number of carbonyl (C=O) groups excluding carboxylic acids is 1. The molecule has 0 radical (unpaired) electrons. The molecule has 2 aromatic carbocycles. The summed E-state index contributed by atoms with van der Waals surface area (Å²) in [5.41, 5.74) is 1.43. The van der Waals surface area contributed by atoms with Crippen molar-refractivity contribution >= 4 is 5.91 Å². The van der Waals surface area contributed by atoms with E-state index in [0.717, 1.165) is 5.56 Å². The maximum Gasteiger partial charge on any atom is 0.251 e. The van der Waals surface area contributed by atoms with Gasteiger partial charge in [0.15, 0.2) is 23.0 Å². The van der Waals surface area contributed by atoms with Crippen molar-refractivity contribution in [3.05, 3.63) is 47.5 Å². The van der Waals surface area contributed by atoms with Crippen molar-refractivity contribution in [3.63, 3.8) is 0 Å². The average molecular weight is 373 g/mol. The van der Waals surface area contributed by atoms with Crippen molar-refractivity contribution in [1.29, 1.82) is 0 Å². The lowest BCUT2D eigenvalue weighted by Gasteiger charge is -2.13. The number of rotatable bonds is 10. The van der Waals surface area contributed by atoms with Gasteiger partial charge in [-0.2, -0.15) is 0 Å². The van der Waals surface area contributed by atoms with Crippen molar-refractivity contribution < 1.29 is 23.7 Å². The van der Waals surface area contributed by atoms with E-state index in [1.807, 2.05) is 39.0 Å². The van der Waals surface area contributed by atoms with Gasteiger partial charge in [-0.25, -0.2) is 0 Å². The van der Waals surface area contributed by atoms with Crippen LogP contribution in [-0.4, -0.2) is 32.8 Å². The van der Waals surface area contributed by atoms with Crippen LogP contribution in [0, 0.1) is 0 Å². The van der Waals surface area contributed by atoms with Gasteiger partial charge in [0.1, 0.15) is 0 Å². The van der Waals surface area contributed by atoms with Crippen LogP contribution in [0.3, 0.4) is 0 Å². The molecule has 0 unspecified atom stereocenters. The Labute approximate surface area is 160 Å². The maximum absolute atomic E-state index is 12.5. The molecule has 0 heterocycles. The first kappa shape index (κ1) is 20.4. The predicted octanol–water partition coefficient (Wildman–Crippen LogP) is 3.82. The van der Waals surface area contributed by atoms with Gasteiger partial charge in [0, 0.05) is 12.1 Å². The number of amides is 1. The molecular weight excluding hydrogens is 346 g/mol. The number of carbonyl (C=O) groups is 1. The first-order valence-electron chi connectivity index (χ1n) is 9.10. The Hall–Kier alpha value is -2.89. The lowest BCUT2D eigenvalue weighted by Crippen LogP contribution is -2.22. The maximum atomic E-state index is 12.5. The number of hydrogen-bond donors (Lipinski definition) is 1. The lowest BCUT2D eigenvalue weighted by molar-refractivity contribution is 0.0950. The fourth-order valence-corrected chi connectivity index (χ4v) is 2.58. The monoisotopic (exact) mass is 373 g/mol. The molecule has 0 aliphatic carbocycles. The molecule has 2 rings (SSSR count). The number of methoxy groups -OCH3 is 1. The van der Waals surface area contributed by atoms with E-state index in [1.54, 1.807) is 25.3 Å². The summed E-state index contributed by atoms with van der Waals surface area (Å²) >= 11 is 0. The van der Waals surface area contributed by atoms with Crippen LogP contribution in [0.25, 0.3) is 0 Å². The van der Waals surface area contributed by atoms with E-state index >= 15 is 0 Å². The Kier molecular flexibility index (Phi) is 7.79. The standard InChI is InChI=1S/C21H27NO5/c1-5-25-18-11-9-16(13-20(18)27-7-3)21(23)22-14-15-8-10-17(24-4)19(12-15)26-6-2/h8-13H,5-7,14H2,1-4H3,(H,22,23). The summed E-state index contributed by atoms with van der Waals surface area (Å²) in [6, 6.07) is 10.8. The summed E-state index contributed by atoms with van der Waals surface area (Å²) in [5.74, 6) is 2.33. The van der Waals surface area contributed by atoms with E-state index in [9.17, 15) is 4.79 Å². The van der Waals surface area contributed by atoms with Crippen LogP contribution in [0.4, 0.5) is 0 Å². The molecule has 0 fully saturated rings. The molecule has 146 valence electrons. The van der Waals surface area contributed by atoms with Crippen molar-refractivity contribution in [3.8, 4) is 23.0 Å². The number of benzene rings is 2. The third kappa shape index (κ3) is 5.54. The van der Waals surface area contributed by atoms with Crippen molar-refractivity contribution in [2.45, 2.75) is 27.3 Å². The zero-order valence-corrected chi connectivity index (χ0v) is 16.3. The first-order chi connectivity index (χ1) is 13.1. The topological polar surface area (TPSA) is 66.0 Å². The van der Waals surface area contributed by atoms with Crippen LogP contribution in [0.2, 0.25) is 0 Å². The van der Waals surface area contributed by atoms with E-state index in [2.05, 4.69) is 5.32 Å². The molecule has 1 amide bonds. The van der Waals surface area contributed by atoms with Gasteiger partial charge in [-0.1, -0.05) is 6.07 Å². The third-order valence-electron chi connectivity index (χ3n) is 3.79. The lowest BCUT2D eigenvalue weighted by atomic mass is 10.1. The van der Waals surface area contributed by atoms with Gasteiger partial charge in [0.2, 0.25) is 0 Å². The van der Waals surface area contributed by atoms with E-state index in [0.29, 0.717) is 54.9 Å². The Bertz CT molecular complexity index is 760. The second-order valence-corrected chi connectivity index (χ2v) is 5.63. The minimum atomic E-state index is -0.187. The van der Waals surface area contributed by atoms with Gasteiger partial charge in [0.25, 0.3) is 5.91 Å². The van der Waals surface area contributed by atoms with Gasteiger partial charge in [-0.05, 0) is 56.7 Å². The molecule has 0 bridgehead atoms. The number of ether oxygens (including phenoxy) is 4. The van der Waals surface area contributed by atoms with E-state index < -0.39 is 0 Å². The summed E-state index contributed by atoms with van der Waals surface area (Å²) in [7, 11) is 1.60. The highest BCUT2D eigenvalue weighted by Crippen LogP contribution is 2.29. The fourth-order valence-electron chi connectivity index (χ4n) is 2.58. The van der Waals surface area contributed by atoms with Gasteiger partial charge >= 0.3 is 0 Å². The van der Waals surface area contributed by atoms with E-state index in [4.69, 9.17) is 18.9 Å². The van der Waals surface area contributed by atoms with Crippen LogP contribution in [0.15, 0.2) is 36.4 Å². The summed E-state index contributed by atoms with van der Waals surface area (Å²) in [5, 5.41) is 2.91. The largest absolute Gasteiger partial charge is 0.493 e. The molecule has 6 nitrogen and oxygen atoms in total. The average Bonchev–Trinajstić information content (AvgIpc) is 2.68. The summed E-state index contributed by atoms with van der Waals surface area (Å²) < 4.78 is 22.0. The quantitative estimate of drug-likeness (QED) is 0.686. The molecule has 0 aliphatic heterocycles. The van der Waals surface area contributed by atoms with Crippen LogP contribution < -0.4 is 24.3 Å². The summed E-state index contributed by atoms with van der Waals surface area (Å²) in [6.07, 6.45) is 0. The Morgan fingerprint density at radius 1 is 0.815 bits per heavy atom. The minimum absolute atomic E-state index is 0.187. The SMILES string of the molecule is CCOc1cc(CNC(=O)c2ccc(OCC)c(OCC)c2)ccc1OC. The molecule has 1 N–H and O–H groups in total. The van der Waals surface area contributed by atoms with Crippen LogP contribution in [0.1, 0.15) is 36.7 Å². The Balaban J connectivity index is 2.09. The molecule has 6 heteroatoms. The summed E-state index contributed by atoms with van der Waals surface area (Å²) in [4.78, 5) is 12.5. The van der Waals surface area contributed by atoms with Crippen molar-refractivity contribution in [1.82, 2.24) is 5.32 Å². The molecule has 0 aromatic heterocycles. The van der Waals surface area contributed by atoms with Crippen LogP contribution >= 0.6 is 0 Å². The normalized spacial score (nSPS) is 10.2. The Morgan fingerprint density at radius 3 is 2.04 bits per heavy atom. The Morgan fingerprint density at radius 2 is 1.41 bits per heavy atom. The zero-order valence-electron chi connectivity index (χ0n) is 16.3. The second kappa shape index (κ2) is 10.3. The highest BCUT2D eigenvalue weighted by Gasteiger charge is 2.12. The van der Waals surface area contributed by atoms with Gasteiger partial charge in [0.05, 0.1) is 26.9 Å². The van der Waals surface area contributed by atoms with Crippen LogP contribution in [-0.2, 0) is 6.54 Å². The van der Waals surface area contributed by atoms with Gasteiger partial charge in [-0.3, -0.25) is 4.79 Å². The van der Waals surface area contributed by atoms with Gasteiger partial charge in [-0.15, -0.1) is 0 Å². The molecule has 0 aliphatic rings. The zero-order chi connectivity index (χ0) is 19.6. The fraction of sp³-hybridized carbons (Fsp3) is 0.381. The van der Waals surface area contributed by atoms with E-state index in [1.165, 1.54) is 0 Å². The molecule has 27 heavy (non-hydrogen) atoms. The molecule has 0 saturated heterocycles. The van der Waals surface area contributed by atoms with Crippen LogP contribution in [0.5, 0.6) is 23.0 Å². The van der Waals surface area contributed by atoms with E-state index in [-0.39, 0.29) is 5.91 Å². The van der Waals surface area contributed by atoms with Gasteiger partial charge < -0.3 is 24.3 Å². The first-order valence-corrected chi connectivity index (χ1v) is 9.10. The highest BCUT2D eigenvalue weighted by molar-refractivity contribution is 5.94. The smallest absolute Gasteiger partial charge is 0.251 e. The highest BCUT2D eigenvalue weighted by atomic mass is 16.5. The molecule has 0 spiro atoms. The van der Waals surface area contributed by atoms with Crippen molar-refractivity contribution in [2.24, 2.45) is 0 Å². The summed E-state index contributed by atoms with van der Waals surface area (Å²) in [6.45, 7) is 7.65. The number of hydrogen-bond acceptors (Lipinski definition) is 5.